The summed E-state index contributed by atoms with van der Waals surface area (Å²) in [6.07, 6.45) is 10.5. The highest BCUT2D eigenvalue weighted by Gasteiger charge is 2.61. The molecule has 1 heterocycles. The number of hydrogen-bond acceptors (Lipinski definition) is 6. The zero-order valence-corrected chi connectivity index (χ0v) is 22.1. The number of hydrogen-bond donors (Lipinski definition) is 0. The molecule has 0 saturated heterocycles. The Morgan fingerprint density at radius 2 is 1.89 bits per heavy atom. The van der Waals surface area contributed by atoms with E-state index in [4.69, 9.17) is 9.47 Å². The van der Waals surface area contributed by atoms with Crippen molar-refractivity contribution in [3.63, 3.8) is 0 Å². The highest BCUT2D eigenvalue weighted by Crippen LogP contribution is 2.66. The molecule has 2 saturated carbocycles. The lowest BCUT2D eigenvalue weighted by Gasteiger charge is -2.56. The van der Waals surface area contributed by atoms with Gasteiger partial charge in [0.15, 0.2) is 11.6 Å². The Hall–Kier alpha value is -2.50. The zero-order chi connectivity index (χ0) is 26.0. The van der Waals surface area contributed by atoms with Gasteiger partial charge in [-0.25, -0.2) is 4.79 Å². The third kappa shape index (κ3) is 3.66. The molecule has 6 heteroatoms. The molecule has 1 aliphatic heterocycles. The maximum Gasteiger partial charge on any atom is 0.337 e. The van der Waals surface area contributed by atoms with Gasteiger partial charge in [-0.05, 0) is 93.1 Å². The first-order chi connectivity index (χ1) is 17.0. The van der Waals surface area contributed by atoms with E-state index in [0.717, 1.165) is 37.7 Å². The third-order valence-corrected chi connectivity index (χ3v) is 10.7. The molecule has 0 N–H and O–H groups in total. The lowest BCUT2D eigenvalue weighted by molar-refractivity contribution is -0.153. The number of esters is 2. The van der Waals surface area contributed by atoms with Gasteiger partial charge >= 0.3 is 11.9 Å². The Morgan fingerprint density at radius 1 is 1.14 bits per heavy atom. The summed E-state index contributed by atoms with van der Waals surface area (Å²) in [5.41, 5.74) is 1.53. The van der Waals surface area contributed by atoms with E-state index in [9.17, 15) is 19.2 Å². The molecule has 0 aromatic heterocycles. The van der Waals surface area contributed by atoms with Gasteiger partial charge in [-0.3, -0.25) is 14.4 Å². The molecule has 0 aromatic rings. The van der Waals surface area contributed by atoms with E-state index >= 15 is 0 Å². The molecule has 0 unspecified atom stereocenters. The first-order valence-electron chi connectivity index (χ1n) is 13.5. The molecule has 0 bridgehead atoms. The van der Waals surface area contributed by atoms with E-state index in [2.05, 4.69) is 19.9 Å². The van der Waals surface area contributed by atoms with Gasteiger partial charge in [0.25, 0.3) is 0 Å². The Kier molecular flexibility index (Phi) is 6.16. The van der Waals surface area contributed by atoms with Gasteiger partial charge in [-0.1, -0.05) is 25.5 Å². The predicted octanol–water partition coefficient (Wildman–Crippen LogP) is 4.92. The van der Waals surface area contributed by atoms with E-state index in [1.54, 1.807) is 0 Å². The van der Waals surface area contributed by atoms with Crippen LogP contribution >= 0.6 is 0 Å². The maximum atomic E-state index is 13.1. The molecule has 4 aliphatic carbocycles. The lowest BCUT2D eigenvalue weighted by atomic mass is 9.47. The first-order valence-corrected chi connectivity index (χ1v) is 13.5. The van der Waals surface area contributed by atoms with Gasteiger partial charge in [0.05, 0.1) is 11.0 Å². The van der Waals surface area contributed by atoms with Gasteiger partial charge < -0.3 is 9.47 Å². The smallest absolute Gasteiger partial charge is 0.337 e. The van der Waals surface area contributed by atoms with Crippen LogP contribution in [0.1, 0.15) is 73.1 Å². The number of carbonyl (C=O) groups is 4. The Balaban J connectivity index is 1.36. The quantitative estimate of drug-likeness (QED) is 0.516. The van der Waals surface area contributed by atoms with E-state index in [1.165, 1.54) is 19.1 Å². The molecule has 8 atom stereocenters. The van der Waals surface area contributed by atoms with Crippen molar-refractivity contribution in [1.82, 2.24) is 0 Å². The van der Waals surface area contributed by atoms with Crippen molar-refractivity contribution < 1.29 is 28.7 Å². The highest BCUT2D eigenvalue weighted by molar-refractivity contribution is 6.18. The van der Waals surface area contributed by atoms with Crippen LogP contribution < -0.4 is 0 Å². The largest absolute Gasteiger partial charge is 0.461 e. The molecule has 0 amide bonds. The summed E-state index contributed by atoms with van der Waals surface area (Å²) in [5, 5.41) is 0. The summed E-state index contributed by atoms with van der Waals surface area (Å²) >= 11 is 0. The molecular formula is C30H38O6. The molecule has 5 aliphatic rings. The van der Waals surface area contributed by atoms with Crippen LogP contribution in [0.25, 0.3) is 0 Å². The molecule has 2 fully saturated rings. The summed E-state index contributed by atoms with van der Waals surface area (Å²) < 4.78 is 11.0. The maximum absolute atomic E-state index is 13.1. The topological polar surface area (TPSA) is 86.7 Å². The van der Waals surface area contributed by atoms with E-state index in [-0.39, 0.29) is 47.5 Å². The third-order valence-electron chi connectivity index (χ3n) is 10.7. The number of ketones is 2. The van der Waals surface area contributed by atoms with Crippen molar-refractivity contribution in [3.05, 3.63) is 34.9 Å². The molecule has 0 radical (unpaired) electrons. The molecule has 5 rings (SSSR count). The molecule has 0 spiro atoms. The number of fused-ring (bicyclic) bond motifs is 5. The molecule has 194 valence electrons. The van der Waals surface area contributed by atoms with Crippen LogP contribution in [0.3, 0.4) is 0 Å². The van der Waals surface area contributed by atoms with Crippen LogP contribution in [0, 0.1) is 40.4 Å². The Bertz CT molecular complexity index is 1110. The summed E-state index contributed by atoms with van der Waals surface area (Å²) in [5.74, 6) is 1.01. The number of ether oxygens (including phenoxy) is 2. The van der Waals surface area contributed by atoms with Crippen LogP contribution in [0.5, 0.6) is 0 Å². The first kappa shape index (κ1) is 25.2. The second-order valence-electron chi connectivity index (χ2n) is 12.3. The minimum absolute atomic E-state index is 0.00239. The molecule has 0 aromatic carbocycles. The van der Waals surface area contributed by atoms with Crippen LogP contribution in [0.2, 0.25) is 0 Å². The van der Waals surface area contributed by atoms with Gasteiger partial charge in [0, 0.05) is 18.9 Å². The fourth-order valence-corrected chi connectivity index (χ4v) is 8.75. The second-order valence-corrected chi connectivity index (χ2v) is 12.3. The van der Waals surface area contributed by atoms with Crippen molar-refractivity contribution in [3.8, 4) is 0 Å². The summed E-state index contributed by atoms with van der Waals surface area (Å²) in [6, 6.07) is 0. The van der Waals surface area contributed by atoms with Crippen molar-refractivity contribution >= 4 is 23.5 Å². The average Bonchev–Trinajstić information content (AvgIpc) is 3.17. The van der Waals surface area contributed by atoms with Crippen LogP contribution in [0.15, 0.2) is 34.9 Å². The Morgan fingerprint density at radius 3 is 2.58 bits per heavy atom. The Labute approximate surface area is 213 Å². The van der Waals surface area contributed by atoms with Gasteiger partial charge in [-0.2, -0.15) is 0 Å². The standard InChI is InChI=1S/C30H38O6/c1-16-14-26(36-28(34)20(16)15-35-18(3)31)17(2)21-8-9-22-19-6-7-24-25(32)10-11-27(33)30(24,5)23(19)12-13-29(21,22)4/h7,10-11,17,19,21-23,26H,6,8-9,12-15H2,1-5H3/t17-,19-,21+,22-,23-,26+,29+,30+/m0/s1. The lowest BCUT2D eigenvalue weighted by Crippen LogP contribution is -2.53. The summed E-state index contributed by atoms with van der Waals surface area (Å²) in [6.45, 7) is 9.88. The second kappa shape index (κ2) is 8.81. The van der Waals surface area contributed by atoms with Crippen LogP contribution in [-0.2, 0) is 28.7 Å². The summed E-state index contributed by atoms with van der Waals surface area (Å²) in [4.78, 5) is 49.7. The van der Waals surface area contributed by atoms with Crippen molar-refractivity contribution in [1.29, 1.82) is 0 Å². The minimum atomic E-state index is -0.696. The van der Waals surface area contributed by atoms with Gasteiger partial charge in [0.2, 0.25) is 0 Å². The number of carbonyl (C=O) groups excluding carboxylic acids is 4. The zero-order valence-electron chi connectivity index (χ0n) is 22.1. The van der Waals surface area contributed by atoms with E-state index in [0.29, 0.717) is 35.3 Å². The predicted molar refractivity (Wildman–Crippen MR) is 133 cm³/mol. The SMILES string of the molecule is CC(=O)OCC1=C(C)C[C@H]([C@@H](C)[C@H]2CC[C@H]3[C@@H]4CC=C5C(=O)C=CC(=O)[C@]5(C)[C@H]4CC[C@]23C)OC1=O. The minimum Gasteiger partial charge on any atom is -0.461 e. The monoisotopic (exact) mass is 494 g/mol. The molecule has 6 nitrogen and oxygen atoms in total. The van der Waals surface area contributed by atoms with Crippen molar-refractivity contribution in [2.75, 3.05) is 6.61 Å². The number of cyclic esters (lactones) is 1. The fourth-order valence-electron chi connectivity index (χ4n) is 8.75. The van der Waals surface area contributed by atoms with Crippen molar-refractivity contribution in [2.45, 2.75) is 79.2 Å². The molecular weight excluding hydrogens is 456 g/mol. The normalized spacial score (nSPS) is 40.6. The van der Waals surface area contributed by atoms with Gasteiger partial charge in [0.1, 0.15) is 12.7 Å². The average molecular weight is 495 g/mol. The van der Waals surface area contributed by atoms with E-state index in [1.807, 2.05) is 13.8 Å². The van der Waals surface area contributed by atoms with Crippen LogP contribution in [-0.4, -0.2) is 36.2 Å². The van der Waals surface area contributed by atoms with Crippen molar-refractivity contribution in [2.24, 2.45) is 40.4 Å². The molecule has 36 heavy (non-hydrogen) atoms. The van der Waals surface area contributed by atoms with Gasteiger partial charge in [-0.15, -0.1) is 0 Å². The number of allylic oxidation sites excluding steroid dienone is 4. The number of rotatable bonds is 4. The summed E-state index contributed by atoms with van der Waals surface area (Å²) in [7, 11) is 0. The highest BCUT2D eigenvalue weighted by atomic mass is 16.6. The van der Waals surface area contributed by atoms with Crippen LogP contribution in [0.4, 0.5) is 0 Å². The van der Waals surface area contributed by atoms with E-state index < -0.39 is 11.4 Å². The fraction of sp³-hybridized carbons (Fsp3) is 0.667.